The zero-order chi connectivity index (χ0) is 18.2. The average Bonchev–Trinajstić information content (AvgIpc) is 2.83. The van der Waals surface area contributed by atoms with Crippen molar-refractivity contribution in [3.8, 4) is 0 Å². The lowest BCUT2D eigenvalue weighted by atomic mass is 9.94. The summed E-state index contributed by atoms with van der Waals surface area (Å²) in [6, 6.07) is 7.72. The highest BCUT2D eigenvalue weighted by Gasteiger charge is 2.41. The summed E-state index contributed by atoms with van der Waals surface area (Å²) in [6.45, 7) is 5.67. The number of esters is 1. The molecule has 2 unspecified atom stereocenters. The Morgan fingerprint density at radius 1 is 1.12 bits per heavy atom. The molecule has 1 saturated heterocycles. The van der Waals surface area contributed by atoms with Crippen molar-refractivity contribution in [1.29, 1.82) is 0 Å². The van der Waals surface area contributed by atoms with Gasteiger partial charge in [-0.15, -0.1) is 0 Å². The maximum atomic E-state index is 12.5. The van der Waals surface area contributed by atoms with Crippen LogP contribution < -0.4 is 0 Å². The van der Waals surface area contributed by atoms with Crippen LogP contribution in [0, 0.1) is 0 Å². The largest absolute Gasteiger partial charge is 0.465 e. The molecule has 5 nitrogen and oxygen atoms in total. The van der Waals surface area contributed by atoms with Crippen LogP contribution in [-0.4, -0.2) is 41.8 Å². The van der Waals surface area contributed by atoms with Crippen LogP contribution in [0.25, 0.3) is 5.57 Å². The second-order valence-electron chi connectivity index (χ2n) is 7.65. The molecule has 2 aliphatic heterocycles. The normalized spacial score (nSPS) is 22.4. The molecule has 0 spiro atoms. The number of amides is 1. The Morgan fingerprint density at radius 3 is 2.36 bits per heavy atom. The van der Waals surface area contributed by atoms with Crippen molar-refractivity contribution in [3.63, 3.8) is 0 Å². The molecule has 0 saturated carbocycles. The van der Waals surface area contributed by atoms with Crippen molar-refractivity contribution in [2.75, 3.05) is 7.11 Å². The highest BCUT2D eigenvalue weighted by Crippen LogP contribution is 2.39. The Hall–Kier alpha value is -2.30. The van der Waals surface area contributed by atoms with Gasteiger partial charge in [-0.1, -0.05) is 18.2 Å². The van der Waals surface area contributed by atoms with E-state index in [9.17, 15) is 9.59 Å². The highest BCUT2D eigenvalue weighted by molar-refractivity contribution is 5.89. The smallest absolute Gasteiger partial charge is 0.411 e. The van der Waals surface area contributed by atoms with Crippen LogP contribution in [0.3, 0.4) is 0 Å². The maximum Gasteiger partial charge on any atom is 0.411 e. The Balaban J connectivity index is 1.77. The second-order valence-corrected chi connectivity index (χ2v) is 7.65. The van der Waals surface area contributed by atoms with Crippen LogP contribution in [0.1, 0.15) is 56.0 Å². The fourth-order valence-corrected chi connectivity index (χ4v) is 3.58. The van der Waals surface area contributed by atoms with Gasteiger partial charge >= 0.3 is 12.1 Å². The molecule has 2 bridgehead atoms. The van der Waals surface area contributed by atoms with Crippen LogP contribution in [-0.2, 0) is 9.47 Å². The van der Waals surface area contributed by atoms with E-state index in [2.05, 4.69) is 6.08 Å². The number of hydrogen-bond donors (Lipinski definition) is 0. The molecule has 5 heteroatoms. The molecule has 1 aromatic carbocycles. The molecular formula is C20H25NO4. The summed E-state index contributed by atoms with van der Waals surface area (Å²) < 4.78 is 10.3. The average molecular weight is 343 g/mol. The van der Waals surface area contributed by atoms with Crippen molar-refractivity contribution in [2.24, 2.45) is 0 Å². The topological polar surface area (TPSA) is 55.8 Å². The number of benzene rings is 1. The highest BCUT2D eigenvalue weighted by atomic mass is 16.6. The van der Waals surface area contributed by atoms with E-state index < -0.39 is 5.60 Å². The standard InChI is InChI=1S/C20H25NO4/c1-20(2,3)25-19(23)21-16-9-10-17(21)12-15(11-16)13-5-7-14(8-6-13)18(22)24-4/h5-8,11,16-17H,9-10,12H2,1-4H3. The lowest BCUT2D eigenvalue weighted by molar-refractivity contribution is 0.0175. The van der Waals surface area contributed by atoms with Crippen LogP contribution in [0.15, 0.2) is 30.3 Å². The second kappa shape index (κ2) is 6.54. The van der Waals surface area contributed by atoms with E-state index in [1.807, 2.05) is 37.8 Å². The zero-order valence-electron chi connectivity index (χ0n) is 15.2. The van der Waals surface area contributed by atoms with Gasteiger partial charge in [0.2, 0.25) is 0 Å². The van der Waals surface area contributed by atoms with Gasteiger partial charge in [-0.25, -0.2) is 9.59 Å². The van der Waals surface area contributed by atoms with Gasteiger partial charge in [0, 0.05) is 6.04 Å². The molecule has 25 heavy (non-hydrogen) atoms. The molecule has 2 heterocycles. The van der Waals surface area contributed by atoms with E-state index in [4.69, 9.17) is 9.47 Å². The van der Waals surface area contributed by atoms with Crippen LogP contribution in [0.4, 0.5) is 4.79 Å². The fraction of sp³-hybridized carbons (Fsp3) is 0.500. The quantitative estimate of drug-likeness (QED) is 0.761. The lowest BCUT2D eigenvalue weighted by Crippen LogP contribution is -2.45. The van der Waals surface area contributed by atoms with E-state index in [0.29, 0.717) is 5.56 Å². The van der Waals surface area contributed by atoms with Gasteiger partial charge < -0.3 is 9.47 Å². The minimum absolute atomic E-state index is 0.0869. The summed E-state index contributed by atoms with van der Waals surface area (Å²) >= 11 is 0. The van der Waals surface area contributed by atoms with Crippen LogP contribution in [0.5, 0.6) is 0 Å². The lowest BCUT2D eigenvalue weighted by Gasteiger charge is -2.35. The molecule has 134 valence electrons. The first-order valence-electron chi connectivity index (χ1n) is 8.69. The SMILES string of the molecule is COC(=O)c1ccc(C2=CC3CCC(C2)N3C(=O)OC(C)(C)C)cc1. The zero-order valence-corrected chi connectivity index (χ0v) is 15.2. The third-order valence-corrected chi connectivity index (χ3v) is 4.68. The molecule has 2 aliphatic rings. The molecule has 1 aromatic rings. The van der Waals surface area contributed by atoms with E-state index in [1.54, 1.807) is 12.1 Å². The number of ether oxygens (including phenoxy) is 2. The molecule has 1 amide bonds. The summed E-state index contributed by atoms with van der Waals surface area (Å²) in [5, 5.41) is 0. The summed E-state index contributed by atoms with van der Waals surface area (Å²) in [4.78, 5) is 25.9. The number of hydrogen-bond acceptors (Lipinski definition) is 4. The minimum Gasteiger partial charge on any atom is -0.465 e. The molecule has 1 fully saturated rings. The first kappa shape index (κ1) is 17.5. The van der Waals surface area contributed by atoms with Gasteiger partial charge in [0.1, 0.15) is 5.60 Å². The monoisotopic (exact) mass is 343 g/mol. The predicted molar refractivity (Wildman–Crippen MR) is 95.3 cm³/mol. The summed E-state index contributed by atoms with van der Waals surface area (Å²) in [6.07, 6.45) is 4.71. The van der Waals surface area contributed by atoms with Crippen molar-refractivity contribution in [3.05, 3.63) is 41.5 Å². The van der Waals surface area contributed by atoms with E-state index in [0.717, 1.165) is 24.8 Å². The van der Waals surface area contributed by atoms with E-state index >= 15 is 0 Å². The number of rotatable bonds is 2. The summed E-state index contributed by atoms with van der Waals surface area (Å²) in [7, 11) is 1.38. The maximum absolute atomic E-state index is 12.5. The Morgan fingerprint density at radius 2 is 1.80 bits per heavy atom. The van der Waals surface area contributed by atoms with Gasteiger partial charge in [-0.2, -0.15) is 0 Å². The molecule has 2 atom stereocenters. The predicted octanol–water partition coefficient (Wildman–Crippen LogP) is 4.03. The van der Waals surface area contributed by atoms with Crippen molar-refractivity contribution < 1.29 is 19.1 Å². The summed E-state index contributed by atoms with van der Waals surface area (Å²) in [5.41, 5.74) is 2.38. The van der Waals surface area contributed by atoms with E-state index in [1.165, 1.54) is 12.7 Å². The van der Waals surface area contributed by atoms with Crippen molar-refractivity contribution in [1.82, 2.24) is 4.90 Å². The van der Waals surface area contributed by atoms with Crippen LogP contribution >= 0.6 is 0 Å². The molecular weight excluding hydrogens is 318 g/mol. The Labute approximate surface area is 148 Å². The van der Waals surface area contributed by atoms with E-state index in [-0.39, 0.29) is 24.1 Å². The number of carbonyl (C=O) groups excluding carboxylic acids is 2. The van der Waals surface area contributed by atoms with Crippen molar-refractivity contribution in [2.45, 2.75) is 57.7 Å². The van der Waals surface area contributed by atoms with Crippen LogP contribution in [0.2, 0.25) is 0 Å². The van der Waals surface area contributed by atoms with Gasteiger partial charge in [0.15, 0.2) is 0 Å². The van der Waals surface area contributed by atoms with Crippen molar-refractivity contribution >= 4 is 17.6 Å². The Bertz CT molecular complexity index is 699. The number of methoxy groups -OCH3 is 1. The van der Waals surface area contributed by atoms with Gasteiger partial charge in [0.05, 0.1) is 18.7 Å². The number of fused-ring (bicyclic) bond motifs is 2. The fourth-order valence-electron chi connectivity index (χ4n) is 3.58. The number of carbonyl (C=O) groups is 2. The molecule has 0 aromatic heterocycles. The van der Waals surface area contributed by atoms with Gasteiger partial charge in [0.25, 0.3) is 0 Å². The molecule has 0 aliphatic carbocycles. The molecule has 0 N–H and O–H groups in total. The third kappa shape index (κ3) is 3.70. The number of nitrogens with zero attached hydrogens (tertiary/aromatic N) is 1. The molecule has 0 radical (unpaired) electrons. The minimum atomic E-state index is -0.482. The van der Waals surface area contributed by atoms with Gasteiger partial charge in [-0.05, 0) is 63.3 Å². The molecule has 3 rings (SSSR count). The first-order chi connectivity index (χ1) is 11.8. The van der Waals surface area contributed by atoms with Gasteiger partial charge in [-0.3, -0.25) is 4.90 Å². The third-order valence-electron chi connectivity index (χ3n) is 4.68. The first-order valence-corrected chi connectivity index (χ1v) is 8.69. The summed E-state index contributed by atoms with van der Waals surface area (Å²) in [5.74, 6) is -0.333. The Kier molecular flexibility index (Phi) is 4.58.